The zero-order valence-electron chi connectivity index (χ0n) is 30.5. The van der Waals surface area contributed by atoms with Gasteiger partial charge >= 0.3 is 5.63 Å². The van der Waals surface area contributed by atoms with Crippen molar-refractivity contribution in [2.45, 2.75) is 123 Å². The van der Waals surface area contributed by atoms with E-state index in [1.165, 1.54) is 11.0 Å². The van der Waals surface area contributed by atoms with Gasteiger partial charge in [-0.1, -0.05) is 52.3 Å². The summed E-state index contributed by atoms with van der Waals surface area (Å²) in [6.07, 6.45) is 2.40. The Bertz CT molecular complexity index is 1610. The molecule has 1 aromatic heterocycles. The molecule has 1 unspecified atom stereocenters. The van der Waals surface area contributed by atoms with Crippen LogP contribution in [-0.4, -0.2) is 81.9 Å². The smallest absolute Gasteiger partial charge is 0.349 e. The van der Waals surface area contributed by atoms with Gasteiger partial charge in [-0.05, 0) is 70.9 Å². The van der Waals surface area contributed by atoms with Gasteiger partial charge in [-0.15, -0.1) is 0 Å². The molecule has 2 aromatic rings. The molecule has 1 aromatic carbocycles. The molecule has 50 heavy (non-hydrogen) atoms. The fourth-order valence-electron chi connectivity index (χ4n) is 6.28. The van der Waals surface area contributed by atoms with Gasteiger partial charge < -0.3 is 36.6 Å². The zero-order chi connectivity index (χ0) is 37.4. The number of likely N-dealkylation sites (tertiary alicyclic amines) is 1. The highest BCUT2D eigenvalue weighted by Crippen LogP contribution is 2.36. The van der Waals surface area contributed by atoms with E-state index in [0.29, 0.717) is 36.7 Å². The van der Waals surface area contributed by atoms with E-state index in [2.05, 4.69) is 10.3 Å². The van der Waals surface area contributed by atoms with Crippen LogP contribution in [0.4, 0.5) is 0 Å². The van der Waals surface area contributed by atoms with Crippen molar-refractivity contribution in [3.05, 3.63) is 46.3 Å². The number of nitrogens with zero attached hydrogens (tertiary/aromatic N) is 3. The van der Waals surface area contributed by atoms with Gasteiger partial charge in [0.2, 0.25) is 11.6 Å². The van der Waals surface area contributed by atoms with Crippen LogP contribution in [0.15, 0.2) is 44.5 Å². The van der Waals surface area contributed by atoms with Crippen molar-refractivity contribution in [2.75, 3.05) is 13.1 Å². The van der Waals surface area contributed by atoms with E-state index in [4.69, 9.17) is 26.4 Å². The average molecular weight is 698 g/mol. The Labute approximate surface area is 294 Å². The minimum Gasteiger partial charge on any atom is -0.422 e. The molecule has 1 aliphatic heterocycles. The summed E-state index contributed by atoms with van der Waals surface area (Å²) in [5, 5.41) is 3.38. The number of guanidine groups is 1. The quantitative estimate of drug-likeness (QED) is 0.0923. The van der Waals surface area contributed by atoms with Gasteiger partial charge in [-0.2, -0.15) is 0 Å². The lowest BCUT2D eigenvalue weighted by atomic mass is 10.00. The van der Waals surface area contributed by atoms with E-state index in [-0.39, 0.29) is 49.8 Å². The summed E-state index contributed by atoms with van der Waals surface area (Å²) in [5.41, 5.74) is 13.8. The Morgan fingerprint density at radius 1 is 1.12 bits per heavy atom. The normalized spacial score (nSPS) is 18.1. The number of para-hydroxylation sites is 1. The van der Waals surface area contributed by atoms with Crippen LogP contribution in [0, 0.1) is 5.92 Å². The highest BCUT2D eigenvalue weighted by molar-refractivity contribution is 6.08. The predicted octanol–water partition coefficient (Wildman–Crippen LogP) is 3.00. The summed E-state index contributed by atoms with van der Waals surface area (Å²) in [7, 11) is 0. The molecule has 0 spiro atoms. The first-order valence-corrected chi connectivity index (χ1v) is 17.5. The zero-order valence-corrected chi connectivity index (χ0v) is 30.5. The highest BCUT2D eigenvalue weighted by Gasteiger charge is 2.54. The third-order valence-corrected chi connectivity index (χ3v) is 8.77. The van der Waals surface area contributed by atoms with E-state index in [0.717, 1.165) is 4.90 Å². The molecule has 7 N–H and O–H groups in total. The second-order valence-electron chi connectivity index (χ2n) is 14.2. The van der Waals surface area contributed by atoms with Crippen molar-refractivity contribution in [1.82, 2.24) is 15.1 Å². The molecule has 14 heteroatoms. The summed E-state index contributed by atoms with van der Waals surface area (Å²) in [6, 6.07) is 5.41. The van der Waals surface area contributed by atoms with Crippen molar-refractivity contribution < 1.29 is 28.3 Å². The van der Waals surface area contributed by atoms with Crippen LogP contribution in [0.2, 0.25) is 0 Å². The summed E-state index contributed by atoms with van der Waals surface area (Å²) in [5.74, 6) is -3.05. The molecular weight excluding hydrogens is 642 g/mol. The molecule has 1 saturated heterocycles. The van der Waals surface area contributed by atoms with Crippen LogP contribution in [0.25, 0.3) is 11.0 Å². The molecule has 0 saturated carbocycles. The molecule has 0 bridgehead atoms. The fourth-order valence-corrected chi connectivity index (χ4v) is 6.28. The van der Waals surface area contributed by atoms with Gasteiger partial charge in [0.05, 0.1) is 11.6 Å². The maximum Gasteiger partial charge on any atom is 0.349 e. The van der Waals surface area contributed by atoms with Crippen LogP contribution < -0.4 is 28.1 Å². The van der Waals surface area contributed by atoms with Crippen molar-refractivity contribution in [3.63, 3.8) is 0 Å². The number of carbonyl (C=O) groups excluding carboxylic acids is 4. The largest absolute Gasteiger partial charge is 0.422 e. The van der Waals surface area contributed by atoms with Gasteiger partial charge in [0.1, 0.15) is 17.2 Å². The SMILES string of the molecule is CCCC(CC)N(C(=O)c1cc2ccccc2oc1=O)C(=O)[C@H](CCCN=C(N)N)NC(=O)[C@]1(OC(C)(C)C)CCCN1C(=O)[C@@H](N)C(C)C. The van der Waals surface area contributed by atoms with E-state index in [1.807, 2.05) is 27.7 Å². The highest BCUT2D eigenvalue weighted by atomic mass is 16.5. The number of imide groups is 1. The van der Waals surface area contributed by atoms with Gasteiger partial charge in [0, 0.05) is 30.9 Å². The maximum absolute atomic E-state index is 14.7. The molecule has 1 aliphatic rings. The number of aliphatic imine (C=N–C) groups is 1. The van der Waals surface area contributed by atoms with Gasteiger partial charge in [0.15, 0.2) is 5.96 Å². The molecule has 276 valence electrons. The summed E-state index contributed by atoms with van der Waals surface area (Å²) < 4.78 is 11.9. The minimum atomic E-state index is -1.78. The van der Waals surface area contributed by atoms with Crippen molar-refractivity contribution in [3.8, 4) is 0 Å². The lowest BCUT2D eigenvalue weighted by Crippen LogP contribution is -2.66. The molecule has 4 atom stereocenters. The number of rotatable bonds is 15. The number of hydrogen-bond acceptors (Lipinski definition) is 9. The molecule has 0 radical (unpaired) electrons. The van der Waals surface area contributed by atoms with Gasteiger partial charge in [0.25, 0.3) is 17.7 Å². The third-order valence-electron chi connectivity index (χ3n) is 8.77. The maximum atomic E-state index is 14.7. The standard InChI is InChI=1S/C36H55N7O7/c1-8-14-24(9-2)43(29(44)25-21-23-15-10-11-17-27(23)49-32(25)47)30(45)26(16-12-19-40-34(38)39)41-33(48)36(50-35(5,6)7)18-13-20-42(36)31(46)28(37)22(3)4/h10-11,15,17,21-22,24,26,28H,8-9,12-14,16,18-20,37H2,1-7H3,(H,41,48)(H4,38,39,40)/t24?,26-,28-,36+/m0/s1. The third kappa shape index (κ3) is 9.48. The summed E-state index contributed by atoms with van der Waals surface area (Å²) in [4.78, 5) is 76.9. The molecule has 0 aliphatic carbocycles. The molecular formula is C36H55N7O7. The number of hydrogen-bond donors (Lipinski definition) is 4. The van der Waals surface area contributed by atoms with E-state index >= 15 is 0 Å². The van der Waals surface area contributed by atoms with Crippen LogP contribution in [0.1, 0.15) is 104 Å². The van der Waals surface area contributed by atoms with Gasteiger partial charge in [-0.25, -0.2) is 4.79 Å². The lowest BCUT2D eigenvalue weighted by Gasteiger charge is -2.43. The Morgan fingerprint density at radius 3 is 2.40 bits per heavy atom. The monoisotopic (exact) mass is 697 g/mol. The molecule has 3 rings (SSSR count). The average Bonchev–Trinajstić information content (AvgIpc) is 3.47. The van der Waals surface area contributed by atoms with Crippen molar-refractivity contribution >= 4 is 40.6 Å². The number of carbonyl (C=O) groups is 4. The van der Waals surface area contributed by atoms with E-state index < -0.39 is 58.7 Å². The van der Waals surface area contributed by atoms with Crippen LogP contribution >= 0.6 is 0 Å². The number of ether oxygens (including phenoxy) is 1. The second-order valence-corrected chi connectivity index (χ2v) is 14.2. The summed E-state index contributed by atoms with van der Waals surface area (Å²) >= 11 is 0. The Hall–Kier alpha value is -4.30. The first-order valence-electron chi connectivity index (χ1n) is 17.5. The first-order chi connectivity index (χ1) is 23.5. The van der Waals surface area contributed by atoms with Crippen LogP contribution in [-0.2, 0) is 19.1 Å². The van der Waals surface area contributed by atoms with E-state index in [9.17, 15) is 24.0 Å². The van der Waals surface area contributed by atoms with Crippen LogP contribution in [0.5, 0.6) is 0 Å². The topological polar surface area (TPSA) is 217 Å². The van der Waals surface area contributed by atoms with E-state index in [1.54, 1.807) is 45.0 Å². The summed E-state index contributed by atoms with van der Waals surface area (Å²) in [6.45, 7) is 13.1. The number of benzene rings is 1. The lowest BCUT2D eigenvalue weighted by molar-refractivity contribution is -0.207. The van der Waals surface area contributed by atoms with Gasteiger partial charge in [-0.3, -0.25) is 29.1 Å². The number of amides is 4. The number of nitrogens with one attached hydrogen (secondary N) is 1. The Kier molecular flexibility index (Phi) is 13.7. The molecule has 14 nitrogen and oxygen atoms in total. The number of fused-ring (bicyclic) bond motifs is 1. The molecule has 1 fully saturated rings. The second kappa shape index (κ2) is 17.1. The fraction of sp³-hybridized carbons (Fsp3) is 0.611. The Balaban J connectivity index is 2.13. The van der Waals surface area contributed by atoms with Crippen LogP contribution in [0.3, 0.4) is 0 Å². The molecule has 2 heterocycles. The Morgan fingerprint density at radius 2 is 1.80 bits per heavy atom. The minimum absolute atomic E-state index is 0.0328. The first kappa shape index (κ1) is 40.1. The van der Waals surface area contributed by atoms with Crippen molar-refractivity contribution in [2.24, 2.45) is 28.1 Å². The van der Waals surface area contributed by atoms with Crippen molar-refractivity contribution in [1.29, 1.82) is 0 Å². The predicted molar refractivity (Wildman–Crippen MR) is 192 cm³/mol. The number of nitrogens with two attached hydrogens (primary N) is 3. The molecule has 4 amide bonds.